The van der Waals surface area contributed by atoms with E-state index in [1.807, 2.05) is 0 Å². The van der Waals surface area contributed by atoms with Crippen LogP contribution in [0.25, 0.3) is 11.1 Å². The smallest absolute Gasteiger partial charge is 0.243 e. The molecule has 1 atom stereocenters. The predicted octanol–water partition coefficient (Wildman–Crippen LogP) is 1.20. The molecule has 4 N–H and O–H groups in total. The van der Waals surface area contributed by atoms with E-state index in [0.29, 0.717) is 24.2 Å². The summed E-state index contributed by atoms with van der Waals surface area (Å²) in [6, 6.07) is 9.98. The maximum atomic E-state index is 14.1. The van der Waals surface area contributed by atoms with Gasteiger partial charge in [0.15, 0.2) is 0 Å². The molecule has 0 saturated carbocycles. The number of para-hydroxylation sites is 1. The van der Waals surface area contributed by atoms with Crippen molar-refractivity contribution in [2.45, 2.75) is 17.4 Å². The van der Waals surface area contributed by atoms with Gasteiger partial charge in [-0.25, -0.2) is 17.9 Å². The van der Waals surface area contributed by atoms with Crippen molar-refractivity contribution in [1.29, 1.82) is 0 Å². The molecule has 0 unspecified atom stereocenters. The normalized spacial score (nSPS) is 18.2. The van der Waals surface area contributed by atoms with Crippen LogP contribution in [-0.4, -0.2) is 26.9 Å². The number of nitrogens with zero attached hydrogens (tertiary/aromatic N) is 1. The standard InChI is InChI=1S/C16H16FN3O3S/c17-12-6-3-5-11(15(12)24(19,22)23)10-4-1-2-7-14(10)20-9-8-13(18)16(20)21/h1-7,13H,8-9,18H2,(H2,19,22,23)/t13-/m0/s1. The van der Waals surface area contributed by atoms with Gasteiger partial charge >= 0.3 is 0 Å². The Morgan fingerprint density at radius 3 is 2.38 bits per heavy atom. The molecule has 8 heteroatoms. The minimum absolute atomic E-state index is 0.112. The van der Waals surface area contributed by atoms with Crippen LogP contribution >= 0.6 is 0 Å². The molecule has 2 aromatic rings. The molecule has 126 valence electrons. The summed E-state index contributed by atoms with van der Waals surface area (Å²) in [5.41, 5.74) is 6.75. The van der Waals surface area contributed by atoms with Crippen molar-refractivity contribution in [3.63, 3.8) is 0 Å². The van der Waals surface area contributed by atoms with Gasteiger partial charge in [-0.1, -0.05) is 30.3 Å². The van der Waals surface area contributed by atoms with E-state index in [1.54, 1.807) is 24.3 Å². The van der Waals surface area contributed by atoms with Crippen molar-refractivity contribution in [2.75, 3.05) is 11.4 Å². The number of anilines is 1. The molecule has 3 rings (SSSR count). The van der Waals surface area contributed by atoms with Gasteiger partial charge in [0.05, 0.1) is 11.7 Å². The zero-order valence-electron chi connectivity index (χ0n) is 12.6. The van der Waals surface area contributed by atoms with Crippen LogP contribution in [0.5, 0.6) is 0 Å². The Balaban J connectivity index is 2.23. The zero-order valence-corrected chi connectivity index (χ0v) is 13.5. The molecule has 0 aromatic heterocycles. The summed E-state index contributed by atoms with van der Waals surface area (Å²) in [6.07, 6.45) is 0.498. The van der Waals surface area contributed by atoms with Crippen LogP contribution in [0, 0.1) is 5.82 Å². The number of benzene rings is 2. The maximum Gasteiger partial charge on any atom is 0.243 e. The highest BCUT2D eigenvalue weighted by Gasteiger charge is 2.32. The molecule has 0 radical (unpaired) electrons. The number of halogens is 1. The summed E-state index contributed by atoms with van der Waals surface area (Å²) in [5, 5.41) is 5.18. The minimum Gasteiger partial charge on any atom is -0.320 e. The minimum atomic E-state index is -4.28. The molecule has 0 bridgehead atoms. The lowest BCUT2D eigenvalue weighted by Gasteiger charge is -2.21. The Bertz CT molecular complexity index is 915. The third kappa shape index (κ3) is 2.79. The first kappa shape index (κ1) is 16.6. The Labute approximate surface area is 138 Å². The number of rotatable bonds is 3. The highest BCUT2D eigenvalue weighted by Crippen LogP contribution is 2.37. The van der Waals surface area contributed by atoms with Gasteiger partial charge in [-0.05, 0) is 18.6 Å². The van der Waals surface area contributed by atoms with Gasteiger partial charge in [-0.3, -0.25) is 4.79 Å². The van der Waals surface area contributed by atoms with Crippen LogP contribution in [0.1, 0.15) is 6.42 Å². The van der Waals surface area contributed by atoms with Crippen LogP contribution in [0.4, 0.5) is 10.1 Å². The van der Waals surface area contributed by atoms with E-state index in [4.69, 9.17) is 10.9 Å². The highest BCUT2D eigenvalue weighted by molar-refractivity contribution is 7.89. The van der Waals surface area contributed by atoms with Crippen molar-refractivity contribution in [1.82, 2.24) is 0 Å². The van der Waals surface area contributed by atoms with E-state index in [9.17, 15) is 17.6 Å². The molecular weight excluding hydrogens is 333 g/mol. The van der Waals surface area contributed by atoms with E-state index in [0.717, 1.165) is 6.07 Å². The molecule has 1 aliphatic heterocycles. The van der Waals surface area contributed by atoms with Crippen molar-refractivity contribution < 1.29 is 17.6 Å². The van der Waals surface area contributed by atoms with Gasteiger partial charge in [-0.2, -0.15) is 0 Å². The van der Waals surface area contributed by atoms with E-state index < -0.39 is 26.8 Å². The van der Waals surface area contributed by atoms with Gasteiger partial charge in [-0.15, -0.1) is 0 Å². The van der Waals surface area contributed by atoms with Crippen LogP contribution in [-0.2, 0) is 14.8 Å². The Kier molecular flexibility index (Phi) is 4.12. The number of nitrogens with two attached hydrogens (primary N) is 2. The summed E-state index contributed by atoms with van der Waals surface area (Å²) < 4.78 is 37.8. The van der Waals surface area contributed by atoms with Crippen molar-refractivity contribution in [2.24, 2.45) is 10.9 Å². The fourth-order valence-electron chi connectivity index (χ4n) is 2.89. The first-order valence-electron chi connectivity index (χ1n) is 7.28. The number of carbonyl (C=O) groups excluding carboxylic acids is 1. The fraction of sp³-hybridized carbons (Fsp3) is 0.188. The summed E-state index contributed by atoms with van der Waals surface area (Å²) in [6.45, 7) is 0.414. The molecule has 0 aliphatic carbocycles. The maximum absolute atomic E-state index is 14.1. The molecule has 1 heterocycles. The van der Waals surface area contributed by atoms with E-state index in [1.165, 1.54) is 17.0 Å². The number of sulfonamides is 1. The monoisotopic (exact) mass is 349 g/mol. The van der Waals surface area contributed by atoms with Gasteiger partial charge in [0.1, 0.15) is 10.7 Å². The Hall–Kier alpha value is -2.29. The van der Waals surface area contributed by atoms with E-state index in [-0.39, 0.29) is 11.5 Å². The molecule has 1 fully saturated rings. The van der Waals surface area contributed by atoms with Gasteiger partial charge in [0, 0.05) is 17.7 Å². The van der Waals surface area contributed by atoms with Crippen molar-refractivity contribution in [3.8, 4) is 11.1 Å². The second-order valence-corrected chi connectivity index (χ2v) is 7.06. The van der Waals surface area contributed by atoms with Crippen LogP contribution < -0.4 is 15.8 Å². The number of hydrogen-bond donors (Lipinski definition) is 2. The van der Waals surface area contributed by atoms with Gasteiger partial charge in [0.25, 0.3) is 0 Å². The molecule has 2 aromatic carbocycles. The van der Waals surface area contributed by atoms with Crippen LogP contribution in [0.3, 0.4) is 0 Å². The number of amides is 1. The van der Waals surface area contributed by atoms with E-state index >= 15 is 0 Å². The van der Waals surface area contributed by atoms with Crippen molar-refractivity contribution in [3.05, 3.63) is 48.3 Å². The Morgan fingerprint density at radius 2 is 1.75 bits per heavy atom. The van der Waals surface area contributed by atoms with E-state index in [2.05, 4.69) is 0 Å². The summed E-state index contributed by atoms with van der Waals surface area (Å²) in [5.74, 6) is -1.19. The lowest BCUT2D eigenvalue weighted by Crippen LogP contribution is -2.34. The first-order chi connectivity index (χ1) is 11.3. The van der Waals surface area contributed by atoms with Gasteiger partial charge in [0.2, 0.25) is 15.9 Å². The average molecular weight is 349 g/mol. The first-order valence-corrected chi connectivity index (χ1v) is 8.83. The topological polar surface area (TPSA) is 106 Å². The van der Waals surface area contributed by atoms with Gasteiger partial charge < -0.3 is 10.6 Å². The molecular formula is C16H16FN3O3S. The zero-order chi connectivity index (χ0) is 17.5. The molecule has 1 saturated heterocycles. The fourth-order valence-corrected chi connectivity index (χ4v) is 3.71. The number of primary sulfonamides is 1. The highest BCUT2D eigenvalue weighted by atomic mass is 32.2. The lowest BCUT2D eigenvalue weighted by atomic mass is 10.0. The quantitative estimate of drug-likeness (QED) is 0.868. The summed E-state index contributed by atoms with van der Waals surface area (Å²) in [4.78, 5) is 13.1. The number of hydrogen-bond acceptors (Lipinski definition) is 4. The Morgan fingerprint density at radius 1 is 1.08 bits per heavy atom. The molecule has 1 amide bonds. The van der Waals surface area contributed by atoms with Crippen LogP contribution in [0.2, 0.25) is 0 Å². The SMILES string of the molecule is N[C@H]1CCN(c2ccccc2-c2cccc(F)c2S(N)(=O)=O)C1=O. The third-order valence-electron chi connectivity index (χ3n) is 3.98. The third-order valence-corrected chi connectivity index (χ3v) is 4.97. The van der Waals surface area contributed by atoms with Crippen molar-refractivity contribution >= 4 is 21.6 Å². The second-order valence-electron chi connectivity index (χ2n) is 5.56. The lowest BCUT2D eigenvalue weighted by molar-refractivity contribution is -0.118. The second kappa shape index (κ2) is 5.97. The molecule has 6 nitrogen and oxygen atoms in total. The number of carbonyl (C=O) groups is 1. The predicted molar refractivity (Wildman–Crippen MR) is 88.2 cm³/mol. The summed E-state index contributed by atoms with van der Waals surface area (Å²) >= 11 is 0. The average Bonchev–Trinajstić information content (AvgIpc) is 2.85. The summed E-state index contributed by atoms with van der Waals surface area (Å²) in [7, 11) is -4.28. The largest absolute Gasteiger partial charge is 0.320 e. The molecule has 0 spiro atoms. The molecule has 1 aliphatic rings. The molecule has 24 heavy (non-hydrogen) atoms. The van der Waals surface area contributed by atoms with Crippen LogP contribution in [0.15, 0.2) is 47.4 Å².